The summed E-state index contributed by atoms with van der Waals surface area (Å²) in [5.74, 6) is -0.677. The topological polar surface area (TPSA) is 26.0 Å². The molecule has 0 aliphatic heterocycles. The number of halogens is 2. The van der Waals surface area contributed by atoms with Crippen LogP contribution in [0, 0.1) is 11.6 Å². The van der Waals surface area contributed by atoms with Crippen LogP contribution in [0.1, 0.15) is 31.2 Å². The lowest BCUT2D eigenvalue weighted by Crippen LogP contribution is -1.98. The lowest BCUT2D eigenvalue weighted by molar-refractivity contribution is 0.572. The zero-order valence-electron chi connectivity index (χ0n) is 8.81. The number of benzene rings is 1. The summed E-state index contributed by atoms with van der Waals surface area (Å²) in [5, 5.41) is 0. The molecule has 1 nitrogen and oxygen atoms in total. The average molecular weight is 213 g/mol. The Morgan fingerprint density at radius 3 is 2.47 bits per heavy atom. The number of nitrogens with two attached hydrogens (primary N) is 1. The molecule has 0 radical (unpaired) electrons. The number of aryl methyl sites for hydroxylation is 1. The largest absolute Gasteiger partial charge is 0.330 e. The Balaban J connectivity index is 2.33. The van der Waals surface area contributed by atoms with Crippen LogP contribution in [0.3, 0.4) is 0 Å². The SMILES string of the molecule is NCCCCCCc1cc(F)ccc1F. The quantitative estimate of drug-likeness (QED) is 0.722. The summed E-state index contributed by atoms with van der Waals surface area (Å²) >= 11 is 0. The molecular weight excluding hydrogens is 196 g/mol. The van der Waals surface area contributed by atoms with Gasteiger partial charge in [-0.05, 0) is 49.6 Å². The van der Waals surface area contributed by atoms with Gasteiger partial charge >= 0.3 is 0 Å². The van der Waals surface area contributed by atoms with Gasteiger partial charge in [0.05, 0.1) is 0 Å². The molecule has 0 fully saturated rings. The van der Waals surface area contributed by atoms with E-state index in [0.717, 1.165) is 31.7 Å². The third-order valence-corrected chi connectivity index (χ3v) is 2.41. The second kappa shape index (κ2) is 6.51. The van der Waals surface area contributed by atoms with Crippen molar-refractivity contribution in [2.75, 3.05) is 6.54 Å². The Morgan fingerprint density at radius 2 is 1.73 bits per heavy atom. The molecule has 3 heteroatoms. The van der Waals surface area contributed by atoms with E-state index in [4.69, 9.17) is 5.73 Å². The van der Waals surface area contributed by atoms with E-state index in [9.17, 15) is 8.78 Å². The van der Waals surface area contributed by atoms with Gasteiger partial charge in [-0.15, -0.1) is 0 Å². The molecule has 1 aromatic carbocycles. The molecule has 1 aromatic rings. The highest BCUT2D eigenvalue weighted by atomic mass is 19.1. The van der Waals surface area contributed by atoms with Crippen molar-refractivity contribution >= 4 is 0 Å². The molecule has 84 valence electrons. The van der Waals surface area contributed by atoms with Crippen molar-refractivity contribution in [1.29, 1.82) is 0 Å². The van der Waals surface area contributed by atoms with Gasteiger partial charge in [0.1, 0.15) is 11.6 Å². The number of hydrogen-bond donors (Lipinski definition) is 1. The normalized spacial score (nSPS) is 10.6. The summed E-state index contributed by atoms with van der Waals surface area (Å²) < 4.78 is 26.0. The molecule has 0 saturated carbocycles. The van der Waals surface area contributed by atoms with E-state index in [-0.39, 0.29) is 11.6 Å². The fraction of sp³-hybridized carbons (Fsp3) is 0.500. The maximum absolute atomic E-state index is 13.2. The second-order valence-corrected chi connectivity index (χ2v) is 3.69. The minimum atomic E-state index is -0.367. The summed E-state index contributed by atoms with van der Waals surface area (Å²) in [6.07, 6.45) is 4.58. The van der Waals surface area contributed by atoms with Crippen LogP contribution in [0.4, 0.5) is 8.78 Å². The van der Waals surface area contributed by atoms with E-state index in [1.54, 1.807) is 0 Å². The van der Waals surface area contributed by atoms with E-state index in [1.807, 2.05) is 0 Å². The van der Waals surface area contributed by atoms with Crippen LogP contribution in [0.5, 0.6) is 0 Å². The van der Waals surface area contributed by atoms with Gasteiger partial charge < -0.3 is 5.73 Å². The van der Waals surface area contributed by atoms with Crippen LogP contribution in [-0.4, -0.2) is 6.54 Å². The van der Waals surface area contributed by atoms with Crippen LogP contribution in [-0.2, 0) is 6.42 Å². The smallest absolute Gasteiger partial charge is 0.126 e. The third-order valence-electron chi connectivity index (χ3n) is 2.41. The van der Waals surface area contributed by atoms with Gasteiger partial charge in [0, 0.05) is 0 Å². The van der Waals surface area contributed by atoms with Crippen LogP contribution >= 0.6 is 0 Å². The van der Waals surface area contributed by atoms with Gasteiger partial charge in [0.15, 0.2) is 0 Å². The first-order valence-corrected chi connectivity index (χ1v) is 5.38. The Hall–Kier alpha value is -0.960. The monoisotopic (exact) mass is 213 g/mol. The molecule has 0 aliphatic rings. The summed E-state index contributed by atoms with van der Waals surface area (Å²) in [6.45, 7) is 0.703. The average Bonchev–Trinajstić information content (AvgIpc) is 2.23. The molecule has 0 aliphatic carbocycles. The molecule has 0 amide bonds. The van der Waals surface area contributed by atoms with Gasteiger partial charge in [0.25, 0.3) is 0 Å². The first-order valence-electron chi connectivity index (χ1n) is 5.38. The fourth-order valence-corrected chi connectivity index (χ4v) is 1.55. The van der Waals surface area contributed by atoms with Crippen molar-refractivity contribution in [1.82, 2.24) is 0 Å². The molecule has 2 N–H and O–H groups in total. The van der Waals surface area contributed by atoms with Gasteiger partial charge in [-0.3, -0.25) is 0 Å². The van der Waals surface area contributed by atoms with Crippen molar-refractivity contribution in [2.45, 2.75) is 32.1 Å². The van der Waals surface area contributed by atoms with E-state index < -0.39 is 0 Å². The van der Waals surface area contributed by atoms with Crippen molar-refractivity contribution in [3.63, 3.8) is 0 Å². The molecule has 0 bridgehead atoms. The Bertz CT molecular complexity index is 300. The molecule has 0 saturated heterocycles. The zero-order valence-corrected chi connectivity index (χ0v) is 8.81. The summed E-state index contributed by atoms with van der Waals surface area (Å²) in [4.78, 5) is 0. The molecule has 0 spiro atoms. The molecular formula is C12H17F2N. The molecule has 15 heavy (non-hydrogen) atoms. The van der Waals surface area contributed by atoms with Gasteiger partial charge in [-0.25, -0.2) is 8.78 Å². The van der Waals surface area contributed by atoms with Crippen molar-refractivity contribution < 1.29 is 8.78 Å². The minimum absolute atomic E-state index is 0.310. The van der Waals surface area contributed by atoms with Crippen molar-refractivity contribution in [2.24, 2.45) is 5.73 Å². The molecule has 0 unspecified atom stereocenters. The van der Waals surface area contributed by atoms with E-state index in [2.05, 4.69) is 0 Å². The maximum Gasteiger partial charge on any atom is 0.126 e. The van der Waals surface area contributed by atoms with E-state index >= 15 is 0 Å². The molecule has 0 atom stereocenters. The fourth-order valence-electron chi connectivity index (χ4n) is 1.55. The Labute approximate surface area is 89.3 Å². The van der Waals surface area contributed by atoms with Gasteiger partial charge in [-0.1, -0.05) is 12.8 Å². The van der Waals surface area contributed by atoms with Crippen molar-refractivity contribution in [3.8, 4) is 0 Å². The predicted molar refractivity (Wildman–Crippen MR) is 57.6 cm³/mol. The summed E-state index contributed by atoms with van der Waals surface area (Å²) in [7, 11) is 0. The van der Waals surface area contributed by atoms with E-state index in [0.29, 0.717) is 18.5 Å². The number of hydrogen-bond acceptors (Lipinski definition) is 1. The highest BCUT2D eigenvalue weighted by Crippen LogP contribution is 2.13. The Kier molecular flexibility index (Phi) is 5.26. The second-order valence-electron chi connectivity index (χ2n) is 3.69. The lowest BCUT2D eigenvalue weighted by atomic mass is 10.1. The van der Waals surface area contributed by atoms with Crippen molar-refractivity contribution in [3.05, 3.63) is 35.4 Å². The Morgan fingerprint density at radius 1 is 1.00 bits per heavy atom. The third kappa shape index (κ3) is 4.38. The molecule has 1 rings (SSSR count). The maximum atomic E-state index is 13.2. The molecule has 0 aromatic heterocycles. The first kappa shape index (κ1) is 12.1. The first-order chi connectivity index (χ1) is 7.24. The van der Waals surface area contributed by atoms with Gasteiger partial charge in [0.2, 0.25) is 0 Å². The van der Waals surface area contributed by atoms with Crippen LogP contribution < -0.4 is 5.73 Å². The zero-order chi connectivity index (χ0) is 11.1. The standard InChI is InChI=1S/C12H17F2N/c13-11-6-7-12(14)10(9-11)5-3-1-2-4-8-15/h6-7,9H,1-5,8,15H2. The minimum Gasteiger partial charge on any atom is -0.330 e. The van der Waals surface area contributed by atoms with Crippen LogP contribution in [0.15, 0.2) is 18.2 Å². The van der Waals surface area contributed by atoms with Crippen LogP contribution in [0.2, 0.25) is 0 Å². The number of unbranched alkanes of at least 4 members (excludes halogenated alkanes) is 3. The number of rotatable bonds is 6. The highest BCUT2D eigenvalue weighted by Gasteiger charge is 2.03. The lowest BCUT2D eigenvalue weighted by Gasteiger charge is -2.03. The summed E-state index contributed by atoms with van der Waals surface area (Å²) in [6, 6.07) is 3.61. The summed E-state index contributed by atoms with van der Waals surface area (Å²) in [5.41, 5.74) is 5.83. The van der Waals surface area contributed by atoms with Crippen LogP contribution in [0.25, 0.3) is 0 Å². The van der Waals surface area contributed by atoms with E-state index in [1.165, 1.54) is 12.1 Å². The van der Waals surface area contributed by atoms with Gasteiger partial charge in [-0.2, -0.15) is 0 Å². The predicted octanol–water partition coefficient (Wildman–Crippen LogP) is 3.03. The molecule has 0 heterocycles. The highest BCUT2D eigenvalue weighted by molar-refractivity contribution is 5.18.